The van der Waals surface area contributed by atoms with E-state index in [0.717, 1.165) is 4.90 Å². The van der Waals surface area contributed by atoms with Crippen LogP contribution in [-0.2, 0) is 4.79 Å². The predicted molar refractivity (Wildman–Crippen MR) is 91.9 cm³/mol. The van der Waals surface area contributed by atoms with Crippen LogP contribution in [0.5, 0.6) is 5.75 Å². The van der Waals surface area contributed by atoms with Crippen molar-refractivity contribution in [3.63, 3.8) is 0 Å². The van der Waals surface area contributed by atoms with E-state index < -0.39 is 5.91 Å². The Morgan fingerprint density at radius 1 is 1.13 bits per heavy atom. The summed E-state index contributed by atoms with van der Waals surface area (Å²) in [4.78, 5) is 26.6. The van der Waals surface area contributed by atoms with E-state index in [1.165, 1.54) is 35.8 Å². The molecule has 0 aliphatic carbocycles. The molecule has 0 saturated heterocycles. The minimum absolute atomic E-state index is 0.0995. The molecule has 6 heteroatoms. The molecule has 0 aromatic heterocycles. The van der Waals surface area contributed by atoms with Gasteiger partial charge in [0.05, 0.1) is 17.8 Å². The molecule has 0 aliphatic heterocycles. The number of thioether (sulfide) groups is 1. The molecule has 0 saturated carbocycles. The smallest absolute Gasteiger partial charge is 0.257 e. The molecular weight excluding hydrogens is 312 g/mol. The van der Waals surface area contributed by atoms with Crippen molar-refractivity contribution in [2.45, 2.75) is 4.90 Å². The van der Waals surface area contributed by atoms with Gasteiger partial charge < -0.3 is 15.3 Å². The first-order valence-corrected chi connectivity index (χ1v) is 8.21. The molecule has 0 heterocycles. The first-order chi connectivity index (χ1) is 11.0. The van der Waals surface area contributed by atoms with Crippen LogP contribution < -0.4 is 5.32 Å². The molecule has 0 radical (unpaired) electrons. The maximum Gasteiger partial charge on any atom is 0.257 e. The van der Waals surface area contributed by atoms with Gasteiger partial charge in [-0.25, -0.2) is 0 Å². The number of likely N-dealkylation sites (N-methyl/N-ethyl adjacent to an activating group) is 1. The molecule has 2 rings (SSSR count). The molecule has 2 amide bonds. The lowest BCUT2D eigenvalue weighted by Crippen LogP contribution is -2.35. The lowest BCUT2D eigenvalue weighted by atomic mass is 10.2. The molecule has 0 unspecified atom stereocenters. The fourth-order valence-corrected chi connectivity index (χ4v) is 2.64. The van der Waals surface area contributed by atoms with Crippen LogP contribution in [0.2, 0.25) is 0 Å². The quantitative estimate of drug-likeness (QED) is 0.827. The fraction of sp³-hybridized carbons (Fsp3) is 0.176. The maximum atomic E-state index is 12.3. The van der Waals surface area contributed by atoms with E-state index in [1.807, 2.05) is 30.5 Å². The van der Waals surface area contributed by atoms with E-state index in [0.29, 0.717) is 5.69 Å². The van der Waals surface area contributed by atoms with Gasteiger partial charge in [-0.05, 0) is 30.5 Å². The van der Waals surface area contributed by atoms with E-state index in [2.05, 4.69) is 5.32 Å². The summed E-state index contributed by atoms with van der Waals surface area (Å²) in [5.74, 6) is -0.799. The largest absolute Gasteiger partial charge is 0.507 e. The molecule has 0 aliphatic rings. The summed E-state index contributed by atoms with van der Waals surface area (Å²) in [6, 6.07) is 13.7. The Bertz CT molecular complexity index is 718. The van der Waals surface area contributed by atoms with Crippen LogP contribution in [-0.4, -0.2) is 41.7 Å². The molecule has 0 atom stereocenters. The highest BCUT2D eigenvalue weighted by Gasteiger charge is 2.18. The van der Waals surface area contributed by atoms with Crippen LogP contribution >= 0.6 is 11.8 Å². The molecular formula is C17H18N2O3S. The first-order valence-electron chi connectivity index (χ1n) is 6.99. The molecule has 2 aromatic carbocycles. The number of rotatable bonds is 5. The second-order valence-corrected chi connectivity index (χ2v) is 5.77. The topological polar surface area (TPSA) is 69.6 Å². The molecule has 23 heavy (non-hydrogen) atoms. The number of carbonyl (C=O) groups is 2. The van der Waals surface area contributed by atoms with Crippen LogP contribution in [0.25, 0.3) is 0 Å². The SMILES string of the molecule is CSc1ccccc1NC(=O)CN(C)C(=O)c1ccccc1O. The van der Waals surface area contributed by atoms with E-state index in [4.69, 9.17) is 0 Å². The zero-order valence-corrected chi connectivity index (χ0v) is 13.8. The van der Waals surface area contributed by atoms with Crippen molar-refractivity contribution in [3.05, 3.63) is 54.1 Å². The second kappa shape index (κ2) is 7.69. The molecule has 5 nitrogen and oxygen atoms in total. The van der Waals surface area contributed by atoms with Gasteiger partial charge in [0, 0.05) is 11.9 Å². The maximum absolute atomic E-state index is 12.3. The van der Waals surface area contributed by atoms with Gasteiger partial charge in [0.25, 0.3) is 5.91 Å². The number of aromatic hydroxyl groups is 1. The van der Waals surface area contributed by atoms with Crippen LogP contribution in [0.4, 0.5) is 5.69 Å². The van der Waals surface area contributed by atoms with Gasteiger partial charge in [-0.1, -0.05) is 24.3 Å². The van der Waals surface area contributed by atoms with Gasteiger partial charge in [0.15, 0.2) is 0 Å². The normalized spacial score (nSPS) is 10.2. The number of nitrogens with one attached hydrogen (secondary N) is 1. The van der Waals surface area contributed by atoms with Gasteiger partial charge in [0.2, 0.25) is 5.91 Å². The van der Waals surface area contributed by atoms with Gasteiger partial charge in [-0.15, -0.1) is 11.8 Å². The summed E-state index contributed by atoms with van der Waals surface area (Å²) >= 11 is 1.53. The Kier molecular flexibility index (Phi) is 5.65. The van der Waals surface area contributed by atoms with Crippen LogP contribution in [0.1, 0.15) is 10.4 Å². The average molecular weight is 330 g/mol. The summed E-state index contributed by atoms with van der Waals surface area (Å²) in [5, 5.41) is 12.5. The third kappa shape index (κ3) is 4.26. The van der Waals surface area contributed by atoms with Crippen molar-refractivity contribution >= 4 is 29.3 Å². The molecule has 2 N–H and O–H groups in total. The Labute approximate surface area is 139 Å². The van der Waals surface area contributed by atoms with E-state index in [-0.39, 0.29) is 23.8 Å². The Morgan fingerprint density at radius 2 is 1.78 bits per heavy atom. The van der Waals surface area contributed by atoms with Gasteiger partial charge >= 0.3 is 0 Å². The number of benzene rings is 2. The van der Waals surface area contributed by atoms with Crippen molar-refractivity contribution in [1.29, 1.82) is 0 Å². The second-order valence-electron chi connectivity index (χ2n) is 4.93. The lowest BCUT2D eigenvalue weighted by molar-refractivity contribution is -0.116. The van der Waals surface area contributed by atoms with E-state index in [9.17, 15) is 14.7 Å². The predicted octanol–water partition coefficient (Wildman–Crippen LogP) is 2.82. The summed E-state index contributed by atoms with van der Waals surface area (Å²) in [6.07, 6.45) is 1.93. The Balaban J connectivity index is 2.02. The third-order valence-corrected chi connectivity index (χ3v) is 4.04. The molecule has 0 spiro atoms. The lowest BCUT2D eigenvalue weighted by Gasteiger charge is -2.18. The van der Waals surface area contributed by atoms with Crippen molar-refractivity contribution in [2.24, 2.45) is 0 Å². The molecule has 0 bridgehead atoms. The van der Waals surface area contributed by atoms with Crippen molar-refractivity contribution < 1.29 is 14.7 Å². The minimum Gasteiger partial charge on any atom is -0.507 e. The summed E-state index contributed by atoms with van der Waals surface area (Å²) in [7, 11) is 1.52. The minimum atomic E-state index is -0.406. The molecule has 120 valence electrons. The Morgan fingerprint density at radius 3 is 2.48 bits per heavy atom. The first kappa shape index (κ1) is 16.9. The standard InChI is InChI=1S/C17H18N2O3S/c1-19(17(22)12-7-3-5-9-14(12)20)11-16(21)18-13-8-4-6-10-15(13)23-2/h3-10,20H,11H2,1-2H3,(H,18,21). The molecule has 0 fully saturated rings. The monoisotopic (exact) mass is 330 g/mol. The van der Waals surface area contributed by atoms with Crippen LogP contribution in [0.3, 0.4) is 0 Å². The van der Waals surface area contributed by atoms with Crippen molar-refractivity contribution in [1.82, 2.24) is 4.90 Å². The highest BCUT2D eigenvalue weighted by Crippen LogP contribution is 2.24. The Hall–Kier alpha value is -2.47. The summed E-state index contributed by atoms with van der Waals surface area (Å²) < 4.78 is 0. The number of para-hydroxylation sites is 2. The number of phenolic OH excluding ortho intramolecular Hbond substituents is 1. The average Bonchev–Trinajstić information content (AvgIpc) is 2.55. The zero-order chi connectivity index (χ0) is 16.8. The van der Waals surface area contributed by atoms with Crippen LogP contribution in [0.15, 0.2) is 53.4 Å². The fourth-order valence-electron chi connectivity index (χ4n) is 2.08. The number of hydrogen-bond donors (Lipinski definition) is 2. The van der Waals surface area contributed by atoms with Crippen LogP contribution in [0, 0.1) is 0 Å². The number of hydrogen-bond acceptors (Lipinski definition) is 4. The number of carbonyl (C=O) groups excluding carboxylic acids is 2. The zero-order valence-electron chi connectivity index (χ0n) is 12.9. The highest BCUT2D eigenvalue weighted by atomic mass is 32.2. The van der Waals surface area contributed by atoms with Gasteiger partial charge in [-0.3, -0.25) is 9.59 Å². The van der Waals surface area contributed by atoms with Crippen molar-refractivity contribution in [3.8, 4) is 5.75 Å². The van der Waals surface area contributed by atoms with E-state index in [1.54, 1.807) is 12.1 Å². The summed E-state index contributed by atoms with van der Waals surface area (Å²) in [6.45, 7) is -0.101. The number of amides is 2. The van der Waals surface area contributed by atoms with Crippen molar-refractivity contribution in [2.75, 3.05) is 25.2 Å². The number of nitrogens with zero attached hydrogens (tertiary/aromatic N) is 1. The van der Waals surface area contributed by atoms with Gasteiger partial charge in [0.1, 0.15) is 5.75 Å². The third-order valence-electron chi connectivity index (χ3n) is 3.24. The number of phenols is 1. The number of anilines is 1. The summed E-state index contributed by atoms with van der Waals surface area (Å²) in [5.41, 5.74) is 0.890. The van der Waals surface area contributed by atoms with Gasteiger partial charge in [-0.2, -0.15) is 0 Å². The molecule has 2 aromatic rings. The van der Waals surface area contributed by atoms with E-state index >= 15 is 0 Å². The highest BCUT2D eigenvalue weighted by molar-refractivity contribution is 7.98.